The summed E-state index contributed by atoms with van der Waals surface area (Å²) in [6, 6.07) is 147. The summed E-state index contributed by atoms with van der Waals surface area (Å²) in [5.74, 6) is 0. The highest BCUT2D eigenvalue weighted by Gasteiger charge is 2.13. The number of benzene rings is 16. The molecule has 0 amide bonds. The predicted octanol–water partition coefficient (Wildman–Crippen LogP) is 33.7. The SMILES string of the molecule is Cc1cc(-c2ccccc2)c2cccnc2c1.Cc1cc(-c2ccccc2)c2ccncc2c1.Cc1cc(-c2ccccc2)c2cnccc2c1.Cc1cc(-c2ccccc2)cc2cccnc12.Cc1cc(-c2ccccc2)cc2cnccc12.Cc1cc2ccccc2c(-c2ccccc2)n1.Cc1cncc2cc(-c3ccccc3)ccc12.Cc1nc(-c2ccccc2)cc2ccccc12. The van der Waals surface area contributed by atoms with Crippen LogP contribution in [0.5, 0.6) is 0 Å². The van der Waals surface area contributed by atoms with Gasteiger partial charge in [0.15, 0.2) is 0 Å². The van der Waals surface area contributed by atoms with E-state index in [0.717, 1.165) is 33.8 Å². The van der Waals surface area contributed by atoms with E-state index in [1.807, 2.05) is 154 Å². The Balaban J connectivity index is 0.000000108. The highest BCUT2D eigenvalue weighted by molar-refractivity contribution is 6.00. The third-order valence-electron chi connectivity index (χ3n) is 24.0. The minimum atomic E-state index is 1.04. The van der Waals surface area contributed by atoms with Crippen molar-refractivity contribution in [3.63, 3.8) is 0 Å². The lowest BCUT2D eigenvalue weighted by Gasteiger charge is -2.08. The fourth-order valence-corrected chi connectivity index (χ4v) is 17.4. The maximum absolute atomic E-state index is 4.67. The molecule has 24 rings (SSSR count). The van der Waals surface area contributed by atoms with Crippen LogP contribution in [0.15, 0.2) is 487 Å². The molecular weight excluding hydrogens is 1650 g/mol. The lowest BCUT2D eigenvalue weighted by molar-refractivity contribution is 1.23. The van der Waals surface area contributed by atoms with Crippen LogP contribution < -0.4 is 0 Å². The van der Waals surface area contributed by atoms with Crippen LogP contribution in [0.2, 0.25) is 0 Å². The smallest absolute Gasteiger partial charge is 0.0783 e. The van der Waals surface area contributed by atoms with Crippen molar-refractivity contribution in [2.24, 2.45) is 0 Å². The first-order valence-electron chi connectivity index (χ1n) is 46.0. The van der Waals surface area contributed by atoms with Crippen molar-refractivity contribution in [2.45, 2.75) is 55.4 Å². The Bertz CT molecular complexity index is 7330. The number of fused-ring (bicyclic) bond motifs is 8. The Morgan fingerprint density at radius 1 is 0.184 bits per heavy atom. The fraction of sp³-hybridized carbons (Fsp3) is 0.0625. The van der Waals surface area contributed by atoms with Gasteiger partial charge in [-0.25, -0.2) is 0 Å². The molecule has 0 aliphatic carbocycles. The van der Waals surface area contributed by atoms with Gasteiger partial charge in [-0.05, 0) is 267 Å². The van der Waals surface area contributed by atoms with Gasteiger partial charge in [-0.3, -0.25) is 39.9 Å². The largest absolute Gasteiger partial charge is 0.264 e. The molecular formula is C128H104N8. The number of hydrogen-bond donors (Lipinski definition) is 0. The average Bonchev–Trinajstić information content (AvgIpc) is 0.805. The van der Waals surface area contributed by atoms with Gasteiger partial charge in [0.2, 0.25) is 0 Å². The van der Waals surface area contributed by atoms with E-state index in [0.29, 0.717) is 0 Å². The highest BCUT2D eigenvalue weighted by Crippen LogP contribution is 2.36. The molecule has 0 unspecified atom stereocenters. The van der Waals surface area contributed by atoms with Gasteiger partial charge in [-0.15, -0.1) is 0 Å². The second kappa shape index (κ2) is 44.1. The number of aromatic nitrogens is 8. The van der Waals surface area contributed by atoms with Crippen molar-refractivity contribution >= 4 is 86.4 Å². The molecule has 0 bridgehead atoms. The maximum atomic E-state index is 4.67. The van der Waals surface area contributed by atoms with Gasteiger partial charge in [-0.2, -0.15) is 0 Å². The summed E-state index contributed by atoms with van der Waals surface area (Å²) >= 11 is 0. The summed E-state index contributed by atoms with van der Waals surface area (Å²) < 4.78 is 0. The zero-order chi connectivity index (χ0) is 93.3. The van der Waals surface area contributed by atoms with Crippen molar-refractivity contribution in [3.8, 4) is 89.3 Å². The lowest BCUT2D eigenvalue weighted by Crippen LogP contribution is -1.89. The van der Waals surface area contributed by atoms with Gasteiger partial charge in [-0.1, -0.05) is 346 Å². The summed E-state index contributed by atoms with van der Waals surface area (Å²) in [6.45, 7) is 16.8. The van der Waals surface area contributed by atoms with Gasteiger partial charge in [0.05, 0.1) is 22.4 Å². The summed E-state index contributed by atoms with van der Waals surface area (Å²) in [6.07, 6.45) is 18.9. The molecule has 136 heavy (non-hydrogen) atoms. The molecule has 0 aliphatic heterocycles. The summed E-state index contributed by atoms with van der Waals surface area (Å²) in [7, 11) is 0. The molecule has 0 saturated heterocycles. The fourth-order valence-electron chi connectivity index (χ4n) is 17.4. The Kier molecular flexibility index (Phi) is 29.4. The number of hydrogen-bond acceptors (Lipinski definition) is 8. The molecule has 0 N–H and O–H groups in total. The van der Waals surface area contributed by atoms with Crippen molar-refractivity contribution in [1.29, 1.82) is 0 Å². The zero-order valence-electron chi connectivity index (χ0n) is 77.8. The molecule has 8 heteroatoms. The van der Waals surface area contributed by atoms with Crippen LogP contribution in [-0.2, 0) is 0 Å². The van der Waals surface area contributed by atoms with Crippen molar-refractivity contribution in [3.05, 3.63) is 531 Å². The van der Waals surface area contributed by atoms with Gasteiger partial charge >= 0.3 is 0 Å². The molecule has 8 heterocycles. The third-order valence-corrected chi connectivity index (χ3v) is 24.0. The van der Waals surface area contributed by atoms with E-state index in [-0.39, 0.29) is 0 Å². The summed E-state index contributed by atoms with van der Waals surface area (Å²) in [4.78, 5) is 35.0. The third kappa shape index (κ3) is 22.7. The molecule has 0 fully saturated rings. The van der Waals surface area contributed by atoms with Gasteiger partial charge < -0.3 is 0 Å². The van der Waals surface area contributed by atoms with E-state index >= 15 is 0 Å². The molecule has 16 aromatic carbocycles. The van der Waals surface area contributed by atoms with E-state index in [9.17, 15) is 0 Å². The number of aryl methyl sites for hydroxylation is 8. The van der Waals surface area contributed by atoms with Gasteiger partial charge in [0, 0.05) is 128 Å². The molecule has 0 radical (unpaired) electrons. The summed E-state index contributed by atoms with van der Waals surface area (Å²) in [5, 5.41) is 17.2. The zero-order valence-corrected chi connectivity index (χ0v) is 77.8. The molecule has 0 atom stereocenters. The topological polar surface area (TPSA) is 103 Å². The molecule has 0 saturated carbocycles. The van der Waals surface area contributed by atoms with Gasteiger partial charge in [0.1, 0.15) is 0 Å². The quantitative estimate of drug-likeness (QED) is 0.148. The standard InChI is InChI=1S/8C16H13N/c1-12-15-10-6-5-9-14(15)11-16(17-12)13-7-3-2-4-8-13;1-12-11-14-9-5-6-10-15(14)16(17-12)13-7-3-2-4-8-13;1-12-10-15(13-6-3-2-4-7-13)11-14-8-5-9-17-16(12)14;1-12-10-15(13-6-3-2-4-7-13)14-8-5-9-17-16(14)11-12;1-12-10-17-11-15-9-14(7-8-16(12)15)13-5-3-2-4-6-13;1-12-9-14(13-5-3-2-4-6-13)10-15-11-17-8-7-16(12)15;1-12-9-14-11-17-8-7-15(14)16(10-12)13-5-3-2-4-6-13;1-12-9-14-7-8-17-11-16(14)15(10-12)13-5-3-2-4-6-13/h8*2-11H,1H3. The second-order valence-corrected chi connectivity index (χ2v) is 33.9. The predicted molar refractivity (Wildman–Crippen MR) is 575 cm³/mol. The Hall–Kier alpha value is -17.2. The molecule has 0 spiro atoms. The molecule has 8 nitrogen and oxygen atoms in total. The Morgan fingerprint density at radius 2 is 0.581 bits per heavy atom. The average molecular weight is 1750 g/mol. The normalized spacial score (nSPS) is 10.6. The maximum Gasteiger partial charge on any atom is 0.0783 e. The van der Waals surface area contributed by atoms with E-state index in [2.05, 4.69) is 428 Å². The van der Waals surface area contributed by atoms with E-state index < -0.39 is 0 Å². The van der Waals surface area contributed by atoms with Gasteiger partial charge in [0.25, 0.3) is 0 Å². The van der Waals surface area contributed by atoms with E-state index in [1.54, 1.807) is 0 Å². The molecule has 0 aliphatic rings. The lowest BCUT2D eigenvalue weighted by atomic mass is 9.97. The first-order chi connectivity index (χ1) is 66.7. The number of rotatable bonds is 8. The van der Waals surface area contributed by atoms with Crippen LogP contribution in [0, 0.1) is 55.4 Å². The first-order valence-corrected chi connectivity index (χ1v) is 46.0. The van der Waals surface area contributed by atoms with Crippen LogP contribution in [0.1, 0.15) is 44.8 Å². The van der Waals surface area contributed by atoms with Crippen molar-refractivity contribution in [1.82, 2.24) is 39.9 Å². The minimum Gasteiger partial charge on any atom is -0.264 e. The first kappa shape index (κ1) is 90.7. The van der Waals surface area contributed by atoms with E-state index in [4.69, 9.17) is 0 Å². The summed E-state index contributed by atoms with van der Waals surface area (Å²) in [5.41, 5.74) is 31.3. The van der Waals surface area contributed by atoms with Crippen LogP contribution in [0.4, 0.5) is 0 Å². The van der Waals surface area contributed by atoms with Crippen molar-refractivity contribution < 1.29 is 0 Å². The number of pyridine rings is 8. The van der Waals surface area contributed by atoms with Crippen LogP contribution in [0.3, 0.4) is 0 Å². The van der Waals surface area contributed by atoms with Crippen molar-refractivity contribution in [2.75, 3.05) is 0 Å². The molecule has 24 aromatic rings. The highest BCUT2D eigenvalue weighted by atomic mass is 14.7. The Morgan fingerprint density at radius 3 is 1.17 bits per heavy atom. The molecule has 656 valence electrons. The van der Waals surface area contributed by atoms with Crippen LogP contribution >= 0.6 is 0 Å². The van der Waals surface area contributed by atoms with Crippen LogP contribution in [0.25, 0.3) is 176 Å². The monoisotopic (exact) mass is 1750 g/mol. The minimum absolute atomic E-state index is 1.04. The van der Waals surface area contributed by atoms with E-state index in [1.165, 1.54) is 187 Å². The van der Waals surface area contributed by atoms with Crippen LogP contribution in [-0.4, -0.2) is 39.9 Å². The number of nitrogens with zero attached hydrogens (tertiary/aromatic N) is 8. The Labute approximate surface area is 796 Å². The second-order valence-electron chi connectivity index (χ2n) is 33.9. The molecule has 8 aromatic heterocycles.